The molecule has 1 unspecified atom stereocenters. The highest BCUT2D eigenvalue weighted by atomic mass is 35.5. The third kappa shape index (κ3) is 4.27. The van der Waals surface area contributed by atoms with Crippen molar-refractivity contribution in [3.8, 4) is 5.75 Å². The molecule has 1 spiro atoms. The molecule has 4 nitrogen and oxygen atoms in total. The van der Waals surface area contributed by atoms with E-state index in [1.165, 1.54) is 16.7 Å². The van der Waals surface area contributed by atoms with Crippen LogP contribution in [0.5, 0.6) is 5.75 Å². The number of likely N-dealkylation sites (tertiary alicyclic amines) is 1. The molecule has 2 aromatic carbocycles. The Hall–Kier alpha value is -1.88. The minimum Gasteiger partial charge on any atom is -0.508 e. The predicted octanol–water partition coefficient (Wildman–Crippen LogP) is 5.39. The molecule has 30 heavy (non-hydrogen) atoms. The average Bonchev–Trinajstić information content (AvgIpc) is 2.71. The van der Waals surface area contributed by atoms with E-state index in [9.17, 15) is 5.11 Å². The van der Waals surface area contributed by atoms with Gasteiger partial charge in [-0.05, 0) is 75.9 Å². The number of aromatic hydroxyl groups is 1. The summed E-state index contributed by atoms with van der Waals surface area (Å²) >= 11 is 6.29. The van der Waals surface area contributed by atoms with E-state index in [-0.39, 0.29) is 17.5 Å². The van der Waals surface area contributed by atoms with Gasteiger partial charge >= 0.3 is 0 Å². The van der Waals surface area contributed by atoms with E-state index in [1.807, 2.05) is 6.07 Å². The molecule has 0 aliphatic carbocycles. The molecule has 2 aromatic rings. The second kappa shape index (κ2) is 8.33. The first-order valence-corrected chi connectivity index (χ1v) is 11.3. The van der Waals surface area contributed by atoms with Gasteiger partial charge in [-0.15, -0.1) is 0 Å². The van der Waals surface area contributed by atoms with Crippen molar-refractivity contribution in [2.75, 3.05) is 13.1 Å². The molecule has 160 valence electrons. The summed E-state index contributed by atoms with van der Waals surface area (Å²) in [5.74, 6) is 0.286. The monoisotopic (exact) mass is 425 g/mol. The molecule has 0 amide bonds. The van der Waals surface area contributed by atoms with Crippen LogP contribution in [0, 0.1) is 13.8 Å². The maximum Gasteiger partial charge on any atom is 0.120 e. The van der Waals surface area contributed by atoms with Gasteiger partial charge in [0.1, 0.15) is 11.4 Å². The summed E-state index contributed by atoms with van der Waals surface area (Å²) in [6, 6.07) is 12.4. The molecule has 2 aliphatic heterocycles. The van der Waals surface area contributed by atoms with Crippen LogP contribution < -0.4 is 5.32 Å². The van der Waals surface area contributed by atoms with Crippen LogP contribution >= 0.6 is 11.6 Å². The smallest absolute Gasteiger partial charge is 0.120 e. The summed E-state index contributed by atoms with van der Waals surface area (Å²) in [7, 11) is 0. The van der Waals surface area contributed by atoms with Crippen LogP contribution in [-0.2, 0) is 0 Å². The van der Waals surface area contributed by atoms with Gasteiger partial charge in [0.15, 0.2) is 0 Å². The predicted molar refractivity (Wildman–Crippen MR) is 125 cm³/mol. The highest BCUT2D eigenvalue weighted by molar-refractivity contribution is 6.30. The van der Waals surface area contributed by atoms with Crippen molar-refractivity contribution in [1.82, 2.24) is 10.2 Å². The van der Waals surface area contributed by atoms with Crippen LogP contribution in [0.3, 0.4) is 0 Å². The van der Waals surface area contributed by atoms with E-state index in [4.69, 9.17) is 16.6 Å². The molecule has 2 aliphatic rings. The minimum absolute atomic E-state index is 0.0262. The number of halogens is 1. The SMILES string of the molecule is Cc1ccc(C)c(C2=NC3(CCN(C(C)C)CC3)NC(c3cc(Cl)ccc3O)C2)c1. The van der Waals surface area contributed by atoms with Crippen molar-refractivity contribution in [2.24, 2.45) is 4.99 Å². The zero-order valence-electron chi connectivity index (χ0n) is 18.4. The summed E-state index contributed by atoms with van der Waals surface area (Å²) < 4.78 is 0. The summed E-state index contributed by atoms with van der Waals surface area (Å²) in [4.78, 5) is 7.85. The van der Waals surface area contributed by atoms with E-state index >= 15 is 0 Å². The van der Waals surface area contributed by atoms with Gasteiger partial charge in [0, 0.05) is 47.9 Å². The number of benzene rings is 2. The number of nitrogens with zero attached hydrogens (tertiary/aromatic N) is 2. The van der Waals surface area contributed by atoms with Crippen molar-refractivity contribution in [3.63, 3.8) is 0 Å². The average molecular weight is 426 g/mol. The zero-order chi connectivity index (χ0) is 21.5. The third-order valence-electron chi connectivity index (χ3n) is 6.61. The Labute approximate surface area is 185 Å². The summed E-state index contributed by atoms with van der Waals surface area (Å²) in [5, 5.41) is 15.1. The van der Waals surface area contributed by atoms with Gasteiger partial charge in [0.05, 0.1) is 0 Å². The summed E-state index contributed by atoms with van der Waals surface area (Å²) in [5.41, 5.74) is 5.36. The molecule has 2 N–H and O–H groups in total. The van der Waals surface area contributed by atoms with Crippen LogP contribution in [0.1, 0.15) is 61.4 Å². The minimum atomic E-state index is -0.311. The highest BCUT2D eigenvalue weighted by Crippen LogP contribution is 2.39. The second-order valence-electron chi connectivity index (χ2n) is 9.14. The van der Waals surface area contributed by atoms with Crippen molar-refractivity contribution in [3.05, 3.63) is 63.7 Å². The maximum atomic E-state index is 10.6. The number of hydrogen-bond acceptors (Lipinski definition) is 4. The van der Waals surface area contributed by atoms with Crippen molar-refractivity contribution in [1.29, 1.82) is 0 Å². The summed E-state index contributed by atoms with van der Waals surface area (Å²) in [6.07, 6.45) is 2.64. The van der Waals surface area contributed by atoms with Gasteiger partial charge in [-0.1, -0.05) is 29.3 Å². The highest BCUT2D eigenvalue weighted by Gasteiger charge is 2.41. The normalized spacial score (nSPS) is 21.8. The molecule has 1 fully saturated rings. The fraction of sp³-hybridized carbons (Fsp3) is 0.480. The topological polar surface area (TPSA) is 47.9 Å². The van der Waals surface area contributed by atoms with Crippen LogP contribution in [-0.4, -0.2) is 40.5 Å². The lowest BCUT2D eigenvalue weighted by Gasteiger charge is -2.46. The van der Waals surface area contributed by atoms with Crippen LogP contribution in [0.15, 0.2) is 41.4 Å². The second-order valence-corrected chi connectivity index (χ2v) is 9.58. The molecule has 0 saturated carbocycles. The van der Waals surface area contributed by atoms with Crippen molar-refractivity contribution in [2.45, 2.75) is 64.7 Å². The number of rotatable bonds is 3. The summed E-state index contributed by atoms with van der Waals surface area (Å²) in [6.45, 7) is 10.8. The lowest BCUT2D eigenvalue weighted by molar-refractivity contribution is 0.103. The van der Waals surface area contributed by atoms with Gasteiger partial charge in [-0.2, -0.15) is 0 Å². The van der Waals surface area contributed by atoms with Gasteiger partial charge in [-0.3, -0.25) is 10.3 Å². The lowest BCUT2D eigenvalue weighted by Crippen LogP contribution is -2.56. The van der Waals surface area contributed by atoms with Crippen LogP contribution in [0.4, 0.5) is 0 Å². The maximum absolute atomic E-state index is 10.6. The Morgan fingerprint density at radius 1 is 1.13 bits per heavy atom. The molecular formula is C25H32ClN3O. The number of phenolic OH excluding ortho intramolecular Hbond substituents is 1. The Morgan fingerprint density at radius 2 is 1.87 bits per heavy atom. The third-order valence-corrected chi connectivity index (χ3v) is 6.85. The standard InChI is InChI=1S/C25H32ClN3O/c1-16(2)29-11-9-25(10-12-29)27-22(20-13-17(3)5-6-18(20)4)15-23(28-25)21-14-19(26)7-8-24(21)30/h5-8,13-14,16,23,28,30H,9-12,15H2,1-4H3. The van der Waals surface area contributed by atoms with E-state index in [0.717, 1.165) is 43.6 Å². The molecular weight excluding hydrogens is 394 g/mol. The van der Waals surface area contributed by atoms with Crippen LogP contribution in [0.25, 0.3) is 0 Å². The Bertz CT molecular complexity index is 961. The zero-order valence-corrected chi connectivity index (χ0v) is 19.1. The largest absolute Gasteiger partial charge is 0.508 e. The van der Waals surface area contributed by atoms with E-state index in [2.05, 4.69) is 56.1 Å². The lowest BCUT2D eigenvalue weighted by atomic mass is 9.86. The number of aliphatic imine (C=N–C) groups is 1. The number of nitrogens with one attached hydrogen (secondary N) is 1. The van der Waals surface area contributed by atoms with Gasteiger partial charge in [0.25, 0.3) is 0 Å². The fourth-order valence-corrected chi connectivity index (χ4v) is 4.96. The molecule has 5 heteroatoms. The Kier molecular flexibility index (Phi) is 5.93. The molecule has 1 atom stereocenters. The Morgan fingerprint density at radius 3 is 2.57 bits per heavy atom. The molecule has 0 bridgehead atoms. The molecule has 0 radical (unpaired) electrons. The first-order chi connectivity index (χ1) is 14.3. The van der Waals surface area contributed by atoms with E-state index in [1.54, 1.807) is 12.1 Å². The Balaban J connectivity index is 1.75. The fourth-order valence-electron chi connectivity index (χ4n) is 4.78. The van der Waals surface area contributed by atoms with Crippen molar-refractivity contribution < 1.29 is 5.11 Å². The van der Waals surface area contributed by atoms with E-state index in [0.29, 0.717) is 11.1 Å². The molecule has 1 saturated heterocycles. The van der Waals surface area contributed by atoms with Crippen molar-refractivity contribution >= 4 is 17.3 Å². The van der Waals surface area contributed by atoms with Gasteiger partial charge in [-0.25, -0.2) is 0 Å². The number of piperidine rings is 1. The molecule has 2 heterocycles. The van der Waals surface area contributed by atoms with Crippen LogP contribution in [0.2, 0.25) is 5.02 Å². The molecule has 4 rings (SSSR count). The number of phenols is 1. The number of hydrogen-bond donors (Lipinski definition) is 2. The first-order valence-electron chi connectivity index (χ1n) is 10.9. The first kappa shape index (κ1) is 21.4. The van der Waals surface area contributed by atoms with Gasteiger partial charge in [0.2, 0.25) is 0 Å². The quantitative estimate of drug-likeness (QED) is 0.693. The van der Waals surface area contributed by atoms with Gasteiger partial charge < -0.3 is 10.0 Å². The van der Waals surface area contributed by atoms with E-state index < -0.39 is 0 Å². The number of aryl methyl sites for hydroxylation is 2. The molecule has 0 aromatic heterocycles.